The van der Waals surface area contributed by atoms with Crippen LogP contribution < -0.4 is 33.0 Å². The molecule has 12 aromatic rings. The lowest BCUT2D eigenvalue weighted by atomic mass is 9.87. The molecule has 0 amide bonds. The first-order chi connectivity index (χ1) is 46.5. The Hall–Kier alpha value is -10.2. The van der Waals surface area contributed by atoms with E-state index in [0.717, 1.165) is 145 Å². The summed E-state index contributed by atoms with van der Waals surface area (Å²) in [4.78, 5) is 27.4. The molecule has 1 fully saturated rings. The van der Waals surface area contributed by atoms with Gasteiger partial charge in [-0.3, -0.25) is 41.1 Å². The van der Waals surface area contributed by atoms with Gasteiger partial charge < -0.3 is 16.6 Å². The number of Topliss-reactive ketones (excluding diaryl/α,β-unsaturated/α-hetero) is 1. The molecule has 15 rings (SSSR count). The van der Waals surface area contributed by atoms with Crippen LogP contribution in [-0.2, 0) is 60.4 Å². The van der Waals surface area contributed by atoms with E-state index in [4.69, 9.17) is 38.5 Å². The van der Waals surface area contributed by atoms with Crippen LogP contribution in [0.25, 0.3) is 54.5 Å². The van der Waals surface area contributed by atoms with E-state index >= 15 is 0 Å². The van der Waals surface area contributed by atoms with E-state index in [9.17, 15) is 21.6 Å². The number of anilines is 4. The molecule has 1 unspecified atom stereocenters. The minimum Gasteiger partial charge on any atom is -0.383 e. The number of aryl methyl sites for hydroxylation is 2. The van der Waals surface area contributed by atoms with Crippen LogP contribution in [0.4, 0.5) is 23.0 Å². The first kappa shape index (κ1) is 69.7. The number of sulfonamides is 1. The Morgan fingerprint density at radius 1 is 0.515 bits per heavy atom. The van der Waals surface area contributed by atoms with Gasteiger partial charge in [0.05, 0.1) is 50.0 Å². The van der Waals surface area contributed by atoms with Crippen molar-refractivity contribution in [1.29, 1.82) is 5.26 Å². The first-order valence-electron chi connectivity index (χ1n) is 31.8. The largest absolute Gasteiger partial charge is 0.383 e. The highest BCUT2D eigenvalue weighted by Crippen LogP contribution is 2.36. The van der Waals surface area contributed by atoms with Crippen LogP contribution in [0.2, 0.25) is 0 Å². The highest BCUT2D eigenvalue weighted by molar-refractivity contribution is 8.13. The average Bonchev–Trinajstić information content (AvgIpc) is 1.66. The number of hydrogen-bond donors (Lipinski definition) is 6. The molecule has 6 aromatic heterocycles. The van der Waals surface area contributed by atoms with E-state index in [1.54, 1.807) is 59.9 Å². The number of benzene rings is 6. The number of hydrazine groups is 2. The van der Waals surface area contributed by atoms with Crippen molar-refractivity contribution in [1.82, 2.24) is 39.5 Å². The monoisotopic (exact) mass is 1360 g/mol. The van der Waals surface area contributed by atoms with Crippen LogP contribution in [0.1, 0.15) is 107 Å². The summed E-state index contributed by atoms with van der Waals surface area (Å²) in [6, 6.07) is 47.3. The summed E-state index contributed by atoms with van der Waals surface area (Å²) in [7, 11) is -2.17. The lowest BCUT2D eigenvalue weighted by molar-refractivity contribution is -0.119. The average molecular weight is 1360 g/mol. The van der Waals surface area contributed by atoms with Crippen LogP contribution in [0.3, 0.4) is 0 Å². The maximum Gasteiger partial charge on any atom is 0.263 e. The van der Waals surface area contributed by atoms with Crippen molar-refractivity contribution in [3.05, 3.63) is 229 Å². The predicted molar refractivity (Wildman–Crippen MR) is 387 cm³/mol. The molecule has 20 nitrogen and oxygen atoms in total. The molecule has 23 heteroatoms. The van der Waals surface area contributed by atoms with Crippen LogP contribution in [-0.4, -0.2) is 62.1 Å². The number of halogens is 1. The molecule has 3 aliphatic carbocycles. The molecule has 498 valence electrons. The normalized spacial score (nSPS) is 14.0. The number of nitrogens with zero attached hydrogens (tertiary/aromatic N) is 9. The van der Waals surface area contributed by atoms with E-state index in [1.807, 2.05) is 126 Å². The SMILES string of the molecule is CC(C)(C)c1ccc(S(=O)(=O)Cl)cc1.CC(C)(C)c1ccc(S(=O)(=O)Nc2c3c(nn2-c2cccc4cnccc24)CCC3)cc1.N#CC1CCCC1=O.NNc1cccc2cnccc12.NNc1cccc2cnccc12.Nc1c2c(nn1-c1cccc3cnccc13)CCC2. The molecule has 1 saturated carbocycles. The number of carbonyl (C=O) groups excluding carboxylic acids is 1. The summed E-state index contributed by atoms with van der Waals surface area (Å²) in [5, 5.41) is 26.3. The summed E-state index contributed by atoms with van der Waals surface area (Å²) in [6.07, 6.45) is 22.6. The Morgan fingerprint density at radius 3 is 1.34 bits per heavy atom. The maximum absolute atomic E-state index is 13.3. The fourth-order valence-corrected chi connectivity index (χ4v) is 13.6. The number of fused-ring (bicyclic) bond motifs is 6. The molecular weight excluding hydrogens is 1280 g/mol. The highest BCUT2D eigenvalue weighted by atomic mass is 35.7. The van der Waals surface area contributed by atoms with Crippen molar-refractivity contribution < 1.29 is 21.6 Å². The van der Waals surface area contributed by atoms with Gasteiger partial charge in [-0.25, -0.2) is 26.2 Å². The Morgan fingerprint density at radius 2 is 0.928 bits per heavy atom. The van der Waals surface area contributed by atoms with Crippen LogP contribution in [0.15, 0.2) is 205 Å². The smallest absolute Gasteiger partial charge is 0.263 e. The van der Waals surface area contributed by atoms with Gasteiger partial charge in [0.15, 0.2) is 0 Å². The van der Waals surface area contributed by atoms with Gasteiger partial charge in [0.1, 0.15) is 23.3 Å². The molecule has 6 heterocycles. The van der Waals surface area contributed by atoms with Crippen molar-refractivity contribution in [3.8, 4) is 17.4 Å². The third kappa shape index (κ3) is 16.6. The van der Waals surface area contributed by atoms with Crippen molar-refractivity contribution in [2.45, 2.75) is 120 Å². The Kier molecular flexibility index (Phi) is 21.8. The second-order valence-electron chi connectivity index (χ2n) is 25.6. The Labute approximate surface area is 569 Å². The lowest BCUT2D eigenvalue weighted by Gasteiger charge is -2.19. The van der Waals surface area contributed by atoms with Gasteiger partial charge in [-0.05, 0) is 146 Å². The molecule has 97 heavy (non-hydrogen) atoms. The summed E-state index contributed by atoms with van der Waals surface area (Å²) < 4.78 is 55.1. The van der Waals surface area contributed by atoms with Gasteiger partial charge in [0, 0.05) is 121 Å². The summed E-state index contributed by atoms with van der Waals surface area (Å²) in [5.41, 5.74) is 21.7. The predicted octanol–water partition coefficient (Wildman–Crippen LogP) is 14.3. The molecule has 0 aliphatic heterocycles. The Bertz CT molecular complexity index is 4960. The number of nitriles is 1. The fourth-order valence-electron chi connectivity index (χ4n) is 11.7. The quantitative estimate of drug-likeness (QED) is 0.0468. The minimum absolute atomic E-state index is 0.0224. The van der Waals surface area contributed by atoms with E-state index in [2.05, 4.69) is 94.3 Å². The van der Waals surface area contributed by atoms with Crippen LogP contribution >= 0.6 is 10.7 Å². The van der Waals surface area contributed by atoms with Gasteiger partial charge >= 0.3 is 0 Å². The van der Waals surface area contributed by atoms with E-state index in [0.29, 0.717) is 12.2 Å². The molecule has 1 atom stereocenters. The number of aromatic nitrogens is 8. The summed E-state index contributed by atoms with van der Waals surface area (Å²) in [5.74, 6) is 11.9. The van der Waals surface area contributed by atoms with Crippen LogP contribution in [0.5, 0.6) is 0 Å². The first-order valence-corrected chi connectivity index (χ1v) is 35.6. The molecular formula is C74H78ClN15O5S2. The zero-order chi connectivity index (χ0) is 69.1. The zero-order valence-electron chi connectivity index (χ0n) is 54.9. The molecule has 3 aliphatic rings. The molecule has 0 bridgehead atoms. The lowest BCUT2D eigenvalue weighted by Crippen LogP contribution is -2.18. The molecule has 6 aromatic carbocycles. The van der Waals surface area contributed by atoms with Gasteiger partial charge in [-0.15, -0.1) is 0 Å². The fraction of sp³-hybridized carbons (Fsp3) is 0.243. The second-order valence-corrected chi connectivity index (χ2v) is 29.8. The van der Waals surface area contributed by atoms with E-state index in [1.165, 1.54) is 24.1 Å². The summed E-state index contributed by atoms with van der Waals surface area (Å²) in [6.45, 7) is 12.5. The Balaban J connectivity index is 0.000000135. The number of hydrogen-bond acceptors (Lipinski definition) is 17. The van der Waals surface area contributed by atoms with Gasteiger partial charge in [-0.2, -0.15) is 15.5 Å². The van der Waals surface area contributed by atoms with E-state index in [-0.39, 0.29) is 32.3 Å². The standard InChI is InChI=1S/C25H26N4O2S.C15H14N4.C10H13ClO2S.2C9H9N3.C6H7NO/c1-25(2,3)18-10-12-19(13-11-18)32(30,31)28-24-21-7-5-8-22(21)27-29(24)23-9-4-6-17-16-26-15-14-20(17)23;16-15-12-4-2-5-13(12)18-19(15)14-6-1-3-10-9-17-8-7-11(10)14;1-10(2,3)8-4-6-9(7-5-8)14(11,12)13;2*10-12-9-3-1-2-7-6-11-5-4-8(7)9;7-4-5-2-1-3-6(5)8/h4,6,9-16,28H,5,7-8H2,1-3H3;1,3,6-9H,2,4-5,16H2;4-7H,1-3H3;2*1-6,12H,10H2;5H,1-3H2. The van der Waals surface area contributed by atoms with Gasteiger partial charge in [0.2, 0.25) is 0 Å². The molecule has 9 N–H and O–H groups in total. The van der Waals surface area contributed by atoms with Crippen LogP contribution in [0, 0.1) is 17.2 Å². The topological polar surface area (TPSA) is 310 Å². The highest BCUT2D eigenvalue weighted by Gasteiger charge is 2.29. The molecule has 0 saturated heterocycles. The van der Waals surface area contributed by atoms with Gasteiger partial charge in [0.25, 0.3) is 19.1 Å². The number of nitrogens with one attached hydrogen (secondary N) is 3. The van der Waals surface area contributed by atoms with Gasteiger partial charge in [-0.1, -0.05) is 114 Å². The number of pyridine rings is 4. The van der Waals surface area contributed by atoms with Crippen molar-refractivity contribution in [2.75, 3.05) is 21.3 Å². The second kappa shape index (κ2) is 30.3. The van der Waals surface area contributed by atoms with Crippen molar-refractivity contribution in [3.63, 3.8) is 0 Å². The number of rotatable bonds is 8. The minimum atomic E-state index is -3.77. The van der Waals surface area contributed by atoms with Crippen molar-refractivity contribution in [2.24, 2.45) is 17.6 Å². The zero-order valence-corrected chi connectivity index (χ0v) is 57.3. The third-order valence-electron chi connectivity index (χ3n) is 17.0. The number of nitrogen functional groups attached to an aromatic ring is 3. The number of carbonyl (C=O) groups is 1. The summed E-state index contributed by atoms with van der Waals surface area (Å²) >= 11 is 0. The van der Waals surface area contributed by atoms with Crippen molar-refractivity contribution >= 4 is 102 Å². The number of nitrogens with two attached hydrogens (primary N) is 3. The number of ketones is 1. The molecule has 0 spiro atoms. The third-order valence-corrected chi connectivity index (χ3v) is 19.7. The molecule has 0 radical (unpaired) electrons. The maximum atomic E-state index is 13.3. The van der Waals surface area contributed by atoms with E-state index < -0.39 is 19.1 Å².